The van der Waals surface area contributed by atoms with Gasteiger partial charge >= 0.3 is 0 Å². The number of hydrogen-bond acceptors (Lipinski definition) is 3. The Bertz CT molecular complexity index is 1050. The molecule has 4 aromatic heterocycles. The van der Waals surface area contributed by atoms with Crippen LogP contribution in [0.5, 0.6) is 0 Å². The Labute approximate surface area is 181 Å². The van der Waals surface area contributed by atoms with E-state index in [1.807, 2.05) is 72.8 Å². The minimum atomic E-state index is 0.772. The fraction of sp³-hybridized carbons (Fsp3) is 0. The lowest BCUT2D eigenvalue weighted by Crippen LogP contribution is -1.79. The zero-order chi connectivity index (χ0) is 18.8. The summed E-state index contributed by atoms with van der Waals surface area (Å²) in [6.45, 7) is 0. The zero-order valence-electron chi connectivity index (χ0n) is 13.9. The Balaban J connectivity index is 2.09. The highest BCUT2D eigenvalue weighted by molar-refractivity contribution is 9.11. The van der Waals surface area contributed by atoms with E-state index < -0.39 is 0 Å². The van der Waals surface area contributed by atoms with Gasteiger partial charge in [0.15, 0.2) is 0 Å². The average molecular weight is 546 g/mol. The Morgan fingerprint density at radius 1 is 0.370 bits per heavy atom. The van der Waals surface area contributed by atoms with Crippen LogP contribution >= 0.6 is 47.8 Å². The third-order valence-corrected chi connectivity index (χ3v) is 5.90. The predicted molar refractivity (Wildman–Crippen MR) is 122 cm³/mol. The number of rotatable bonds is 0. The highest BCUT2D eigenvalue weighted by Gasteiger charge is 1.97. The van der Waals surface area contributed by atoms with Gasteiger partial charge < -0.3 is 0 Å². The van der Waals surface area contributed by atoms with Crippen LogP contribution in [0.15, 0.2) is 86.6 Å². The third-order valence-electron chi connectivity index (χ3n) is 4.00. The lowest BCUT2D eigenvalue weighted by molar-refractivity contribution is 1.35. The fourth-order valence-electron chi connectivity index (χ4n) is 2.55. The van der Waals surface area contributed by atoms with E-state index in [2.05, 4.69) is 62.7 Å². The monoisotopic (exact) mass is 543 g/mol. The first-order valence-corrected chi connectivity index (χ1v) is 10.5. The average Bonchev–Trinajstić information content (AvgIpc) is 2.69. The second kappa shape index (κ2) is 8.00. The van der Waals surface area contributed by atoms with Gasteiger partial charge in [-0.15, -0.1) is 0 Å². The highest BCUT2D eigenvalue weighted by Crippen LogP contribution is 2.20. The van der Waals surface area contributed by atoms with Gasteiger partial charge in [-0.1, -0.05) is 36.4 Å². The standard InChI is InChI=1S/C21H12Br3N3/c22-19-13-1-7-16(8-2-13)25-20(23)14-5-11-18(12-6-14)27-21(24)15-3-9-17(26-19)10-4-15/h1-12H. The van der Waals surface area contributed by atoms with Crippen molar-refractivity contribution in [1.29, 1.82) is 0 Å². The van der Waals surface area contributed by atoms with Gasteiger partial charge in [0.2, 0.25) is 0 Å². The number of hydrogen-bond donors (Lipinski definition) is 0. The summed E-state index contributed by atoms with van der Waals surface area (Å²) in [7, 11) is 0. The van der Waals surface area contributed by atoms with Crippen LogP contribution in [0, 0.1) is 0 Å². The van der Waals surface area contributed by atoms with Crippen LogP contribution in [0.3, 0.4) is 0 Å². The number of fused-ring (bicyclic) bond motifs is 3. The summed E-state index contributed by atoms with van der Waals surface area (Å²) >= 11 is 10.7. The summed E-state index contributed by atoms with van der Waals surface area (Å²) in [5.41, 5.74) is 2.59. The fourth-order valence-corrected chi connectivity index (χ4v) is 3.96. The number of nitrogens with zero attached hydrogens (tertiary/aromatic N) is 3. The summed E-state index contributed by atoms with van der Waals surface area (Å²) in [5.74, 6) is 0. The maximum Gasteiger partial charge on any atom is 0.113 e. The molecule has 27 heavy (non-hydrogen) atoms. The smallest absolute Gasteiger partial charge is 0.113 e. The summed E-state index contributed by atoms with van der Waals surface area (Å²) < 4.78 is 2.32. The molecule has 3 nitrogen and oxygen atoms in total. The van der Waals surface area contributed by atoms with Crippen LogP contribution in [0.1, 0.15) is 0 Å². The highest BCUT2D eigenvalue weighted by atomic mass is 79.9. The Hall–Kier alpha value is -1.89. The Kier molecular flexibility index (Phi) is 5.48. The molecule has 6 heteroatoms. The van der Waals surface area contributed by atoms with E-state index in [0.717, 1.165) is 46.5 Å². The minimum Gasteiger partial charge on any atom is -0.241 e. The van der Waals surface area contributed by atoms with E-state index in [0.29, 0.717) is 0 Å². The third kappa shape index (κ3) is 4.34. The van der Waals surface area contributed by atoms with Gasteiger partial charge in [-0.25, -0.2) is 15.0 Å². The van der Waals surface area contributed by atoms with Gasteiger partial charge in [0, 0.05) is 16.2 Å². The van der Waals surface area contributed by atoms with E-state index in [4.69, 9.17) is 0 Å². The summed E-state index contributed by atoms with van der Waals surface area (Å²) in [4.78, 5) is 13.9. The number of aromatic nitrogens is 3. The first-order chi connectivity index (χ1) is 13.1. The first-order valence-electron chi connectivity index (χ1n) is 8.12. The largest absolute Gasteiger partial charge is 0.241 e. The molecule has 0 saturated carbocycles. The molecule has 0 aliphatic carbocycles. The molecule has 0 spiro atoms. The quantitative estimate of drug-likeness (QED) is 0.233. The number of halogens is 3. The van der Waals surface area contributed by atoms with Crippen molar-refractivity contribution in [1.82, 2.24) is 15.0 Å². The molecule has 0 saturated heterocycles. The van der Waals surface area contributed by atoms with Crippen molar-refractivity contribution in [3.63, 3.8) is 0 Å². The van der Waals surface area contributed by atoms with Crippen LogP contribution in [0.2, 0.25) is 0 Å². The molecule has 0 aliphatic heterocycles. The maximum absolute atomic E-state index is 4.63. The normalized spacial score (nSPS) is 10.8. The summed E-state index contributed by atoms with van der Waals surface area (Å²) in [6, 6.07) is 23.8. The molecule has 6 bridgehead atoms. The second-order valence-corrected chi connectivity index (χ2v) is 8.10. The molecular formula is C21H12Br3N3. The molecular weight excluding hydrogens is 534 g/mol. The Morgan fingerprint density at radius 3 is 0.815 bits per heavy atom. The van der Waals surface area contributed by atoms with Crippen molar-refractivity contribution >= 4 is 80.5 Å². The molecule has 0 atom stereocenters. The van der Waals surface area contributed by atoms with Gasteiger partial charge in [-0.3, -0.25) is 0 Å². The van der Waals surface area contributed by atoms with Crippen LogP contribution in [-0.2, 0) is 0 Å². The summed E-state index contributed by atoms with van der Waals surface area (Å²) in [6.07, 6.45) is 0. The van der Waals surface area contributed by atoms with Gasteiger partial charge in [-0.05, 0) is 84.2 Å². The molecule has 0 aliphatic rings. The van der Waals surface area contributed by atoms with Crippen molar-refractivity contribution in [2.24, 2.45) is 0 Å². The molecule has 3 aromatic carbocycles. The van der Waals surface area contributed by atoms with Crippen LogP contribution in [0.4, 0.5) is 0 Å². The van der Waals surface area contributed by atoms with E-state index >= 15 is 0 Å². The lowest BCUT2D eigenvalue weighted by atomic mass is 10.2. The van der Waals surface area contributed by atoms with Crippen LogP contribution in [-0.4, -0.2) is 15.0 Å². The van der Waals surface area contributed by atoms with E-state index in [1.165, 1.54) is 0 Å². The van der Waals surface area contributed by atoms with Crippen LogP contribution in [0.25, 0.3) is 32.7 Å². The van der Waals surface area contributed by atoms with Gasteiger partial charge in [-0.2, -0.15) is 0 Å². The van der Waals surface area contributed by atoms with Crippen LogP contribution < -0.4 is 0 Å². The molecule has 0 amide bonds. The number of benzene rings is 3. The summed E-state index contributed by atoms with van der Waals surface area (Å²) in [5, 5.41) is 2.96. The molecule has 7 rings (SSSR count). The van der Waals surface area contributed by atoms with Gasteiger partial charge in [0.25, 0.3) is 0 Å². The molecule has 7 aromatic rings. The van der Waals surface area contributed by atoms with E-state index in [1.54, 1.807) is 0 Å². The topological polar surface area (TPSA) is 38.7 Å². The van der Waals surface area contributed by atoms with Crippen molar-refractivity contribution < 1.29 is 0 Å². The Morgan fingerprint density at radius 2 is 0.593 bits per heavy atom. The molecule has 0 radical (unpaired) electrons. The lowest BCUT2D eigenvalue weighted by Gasteiger charge is -1.97. The van der Waals surface area contributed by atoms with Crippen molar-refractivity contribution in [3.8, 4) is 0 Å². The van der Waals surface area contributed by atoms with Gasteiger partial charge in [0.1, 0.15) is 13.8 Å². The van der Waals surface area contributed by atoms with E-state index in [9.17, 15) is 0 Å². The van der Waals surface area contributed by atoms with Gasteiger partial charge in [0.05, 0.1) is 16.6 Å². The molecule has 0 N–H and O–H groups in total. The molecule has 132 valence electrons. The predicted octanol–water partition coefficient (Wildman–Crippen LogP) is 7.31. The van der Waals surface area contributed by atoms with Crippen molar-refractivity contribution in [2.75, 3.05) is 0 Å². The minimum absolute atomic E-state index is 0.772. The molecule has 0 unspecified atom stereocenters. The molecule has 4 heterocycles. The zero-order valence-corrected chi connectivity index (χ0v) is 18.7. The maximum atomic E-state index is 4.63. The SMILES string of the molecule is Brc1nc2ccc(cc2)c(Br)nc2ccc(cc2)c(Br)nc2ccc1cc2. The second-order valence-electron chi connectivity index (χ2n) is 5.85. The van der Waals surface area contributed by atoms with E-state index in [-0.39, 0.29) is 0 Å². The first kappa shape index (κ1) is 18.5. The van der Waals surface area contributed by atoms with Crippen molar-refractivity contribution in [2.45, 2.75) is 0 Å². The van der Waals surface area contributed by atoms with Crippen molar-refractivity contribution in [3.05, 3.63) is 86.6 Å². The molecule has 0 fully saturated rings.